The highest BCUT2D eigenvalue weighted by atomic mass is 16.5. The van der Waals surface area contributed by atoms with Crippen molar-refractivity contribution in [1.82, 2.24) is 5.43 Å². The summed E-state index contributed by atoms with van der Waals surface area (Å²) in [6.45, 7) is 5.06. The molecule has 0 aliphatic rings. The number of hydrogen-bond acceptors (Lipinski definition) is 5. The second kappa shape index (κ2) is 12.1. The van der Waals surface area contributed by atoms with Gasteiger partial charge in [0.05, 0.1) is 26.5 Å². The molecule has 0 spiro atoms. The molecule has 0 fully saturated rings. The summed E-state index contributed by atoms with van der Waals surface area (Å²) >= 11 is 0. The number of nitrogens with zero attached hydrogens (tertiary/aromatic N) is 1. The van der Waals surface area contributed by atoms with Crippen molar-refractivity contribution >= 4 is 17.9 Å². The maximum Gasteiger partial charge on any atom is 0.339 e. The molecule has 0 saturated heterocycles. The first kappa shape index (κ1) is 23.7. The maximum atomic E-state index is 12.0. The van der Waals surface area contributed by atoms with Crippen LogP contribution in [0.15, 0.2) is 71.8 Å². The van der Waals surface area contributed by atoms with Crippen LogP contribution in [0, 0.1) is 13.8 Å². The molecule has 0 bridgehead atoms. The van der Waals surface area contributed by atoms with Crippen LogP contribution in [0.2, 0.25) is 0 Å². The van der Waals surface area contributed by atoms with Crippen LogP contribution in [0.4, 0.5) is 10.5 Å². The van der Waals surface area contributed by atoms with E-state index >= 15 is 0 Å². The van der Waals surface area contributed by atoms with Gasteiger partial charge in [0, 0.05) is 17.7 Å². The van der Waals surface area contributed by atoms with Crippen molar-refractivity contribution in [1.29, 1.82) is 0 Å². The normalized spacial score (nSPS) is 10.6. The van der Waals surface area contributed by atoms with Crippen molar-refractivity contribution in [3.05, 3.63) is 83.4 Å². The summed E-state index contributed by atoms with van der Waals surface area (Å²) in [5, 5.41) is 6.73. The summed E-state index contributed by atoms with van der Waals surface area (Å²) in [5.74, 6) is 2.02. The maximum absolute atomic E-state index is 12.0. The van der Waals surface area contributed by atoms with Gasteiger partial charge in [-0.05, 0) is 49.7 Å². The van der Waals surface area contributed by atoms with Crippen LogP contribution in [-0.4, -0.2) is 32.6 Å². The van der Waals surface area contributed by atoms with Crippen LogP contribution in [0.1, 0.15) is 23.1 Å². The van der Waals surface area contributed by atoms with Gasteiger partial charge in [0.15, 0.2) is 11.5 Å². The second-order valence-corrected chi connectivity index (χ2v) is 7.39. The molecule has 33 heavy (non-hydrogen) atoms. The number of urea groups is 1. The fourth-order valence-electron chi connectivity index (χ4n) is 3.17. The van der Waals surface area contributed by atoms with Gasteiger partial charge in [0.2, 0.25) is 0 Å². The Morgan fingerprint density at radius 2 is 1.73 bits per heavy atom. The van der Waals surface area contributed by atoms with E-state index in [1.165, 1.54) is 11.8 Å². The first-order valence-electron chi connectivity index (χ1n) is 10.7. The Balaban J connectivity index is 1.53. The van der Waals surface area contributed by atoms with Crippen LogP contribution in [-0.2, 0) is 0 Å². The van der Waals surface area contributed by atoms with E-state index in [1.54, 1.807) is 19.2 Å². The standard InChI is InChI=1S/C26H29N3O4/c1-19-13-14-23(20(2)17-19)32-15-8-16-33-25-21(9-7-12-24(25)31-3)18-27-29-26(30)28-22-10-5-4-6-11-22/h4-7,9-14,17-18H,8,15-16H2,1-3H3,(H2,28,29,30)/b27-18-. The minimum Gasteiger partial charge on any atom is -0.493 e. The number of nitrogens with one attached hydrogen (secondary N) is 2. The van der Waals surface area contributed by atoms with Crippen LogP contribution < -0.4 is 25.0 Å². The summed E-state index contributed by atoms with van der Waals surface area (Å²) in [6.07, 6.45) is 2.22. The Hall–Kier alpha value is -4.00. The van der Waals surface area contributed by atoms with Gasteiger partial charge in [-0.25, -0.2) is 10.2 Å². The van der Waals surface area contributed by atoms with Crippen LogP contribution in [0.5, 0.6) is 17.2 Å². The topological polar surface area (TPSA) is 81.2 Å². The molecule has 0 unspecified atom stereocenters. The monoisotopic (exact) mass is 447 g/mol. The van der Waals surface area contributed by atoms with E-state index in [0.29, 0.717) is 42.4 Å². The molecular weight excluding hydrogens is 418 g/mol. The number of ether oxygens (including phenoxy) is 3. The quantitative estimate of drug-likeness (QED) is 0.251. The predicted molar refractivity (Wildman–Crippen MR) is 131 cm³/mol. The molecule has 0 atom stereocenters. The van der Waals surface area contributed by atoms with Crippen molar-refractivity contribution in [2.24, 2.45) is 5.10 Å². The lowest BCUT2D eigenvalue weighted by Crippen LogP contribution is -2.24. The minimum atomic E-state index is -0.439. The van der Waals surface area contributed by atoms with Gasteiger partial charge in [-0.1, -0.05) is 42.0 Å². The summed E-state index contributed by atoms with van der Waals surface area (Å²) in [4.78, 5) is 12.0. The SMILES string of the molecule is COc1cccc(/C=N\NC(=O)Nc2ccccc2)c1OCCCOc1ccc(C)cc1C. The van der Waals surface area contributed by atoms with E-state index in [2.05, 4.69) is 28.8 Å². The fourth-order valence-corrected chi connectivity index (χ4v) is 3.17. The molecule has 7 nitrogen and oxygen atoms in total. The number of methoxy groups -OCH3 is 1. The zero-order valence-corrected chi connectivity index (χ0v) is 19.1. The summed E-state index contributed by atoms with van der Waals surface area (Å²) in [6, 6.07) is 20.3. The number of carbonyl (C=O) groups is 1. The van der Waals surface area contributed by atoms with Crippen LogP contribution >= 0.6 is 0 Å². The van der Waals surface area contributed by atoms with E-state index in [1.807, 2.05) is 55.5 Å². The first-order valence-corrected chi connectivity index (χ1v) is 10.7. The molecule has 0 radical (unpaired) electrons. The van der Waals surface area contributed by atoms with E-state index in [9.17, 15) is 4.79 Å². The van der Waals surface area contributed by atoms with E-state index < -0.39 is 6.03 Å². The fraction of sp³-hybridized carbons (Fsp3) is 0.231. The van der Waals surface area contributed by atoms with Gasteiger partial charge in [-0.3, -0.25) is 0 Å². The minimum absolute atomic E-state index is 0.439. The number of benzene rings is 3. The van der Waals surface area contributed by atoms with Gasteiger partial charge in [-0.2, -0.15) is 5.10 Å². The Morgan fingerprint density at radius 3 is 2.48 bits per heavy atom. The van der Waals surface area contributed by atoms with Crippen molar-refractivity contribution in [3.63, 3.8) is 0 Å². The molecule has 172 valence electrons. The lowest BCUT2D eigenvalue weighted by atomic mass is 10.1. The molecule has 3 aromatic carbocycles. The number of aryl methyl sites for hydroxylation is 2. The Labute approximate surface area is 194 Å². The first-order chi connectivity index (χ1) is 16.1. The van der Waals surface area contributed by atoms with Crippen molar-refractivity contribution in [2.45, 2.75) is 20.3 Å². The molecule has 0 aromatic heterocycles. The zero-order valence-electron chi connectivity index (χ0n) is 19.1. The van der Waals surface area contributed by atoms with Crippen molar-refractivity contribution in [2.75, 3.05) is 25.6 Å². The Morgan fingerprint density at radius 1 is 0.939 bits per heavy atom. The number of amides is 2. The number of para-hydroxylation sites is 2. The molecule has 7 heteroatoms. The number of anilines is 1. The Bertz CT molecular complexity index is 1080. The molecular formula is C26H29N3O4. The third-order valence-corrected chi connectivity index (χ3v) is 4.75. The average molecular weight is 448 g/mol. The molecule has 0 heterocycles. The molecule has 2 amide bonds. The van der Waals surface area contributed by atoms with Gasteiger partial charge in [-0.15, -0.1) is 0 Å². The Kier molecular flexibility index (Phi) is 8.71. The predicted octanol–water partition coefficient (Wildman–Crippen LogP) is 5.32. The summed E-state index contributed by atoms with van der Waals surface area (Å²) < 4.78 is 17.3. The van der Waals surface area contributed by atoms with Crippen LogP contribution in [0.25, 0.3) is 0 Å². The average Bonchev–Trinajstić information content (AvgIpc) is 2.81. The smallest absolute Gasteiger partial charge is 0.339 e. The number of rotatable bonds is 10. The highest BCUT2D eigenvalue weighted by Crippen LogP contribution is 2.30. The summed E-state index contributed by atoms with van der Waals surface area (Å²) in [5.41, 5.74) is 6.14. The van der Waals surface area contributed by atoms with Gasteiger partial charge < -0.3 is 19.5 Å². The number of hydrazone groups is 1. The van der Waals surface area contributed by atoms with Crippen molar-refractivity contribution < 1.29 is 19.0 Å². The second-order valence-electron chi connectivity index (χ2n) is 7.39. The van der Waals surface area contributed by atoms with Gasteiger partial charge in [0.25, 0.3) is 0 Å². The van der Waals surface area contributed by atoms with E-state index in [0.717, 1.165) is 11.3 Å². The highest BCUT2D eigenvalue weighted by molar-refractivity contribution is 5.91. The largest absolute Gasteiger partial charge is 0.493 e. The van der Waals surface area contributed by atoms with Crippen LogP contribution in [0.3, 0.4) is 0 Å². The molecule has 2 N–H and O–H groups in total. The summed E-state index contributed by atoms with van der Waals surface area (Å²) in [7, 11) is 1.58. The molecule has 0 aliphatic carbocycles. The van der Waals surface area contributed by atoms with Crippen molar-refractivity contribution in [3.8, 4) is 17.2 Å². The van der Waals surface area contributed by atoms with Gasteiger partial charge in [0.1, 0.15) is 5.75 Å². The third kappa shape index (κ3) is 7.28. The lowest BCUT2D eigenvalue weighted by molar-refractivity contribution is 0.239. The third-order valence-electron chi connectivity index (χ3n) is 4.75. The van der Waals surface area contributed by atoms with Gasteiger partial charge >= 0.3 is 6.03 Å². The van der Waals surface area contributed by atoms with E-state index in [-0.39, 0.29) is 0 Å². The molecule has 3 aromatic rings. The molecule has 0 saturated carbocycles. The zero-order chi connectivity index (χ0) is 23.5. The lowest BCUT2D eigenvalue weighted by Gasteiger charge is -2.14. The molecule has 3 rings (SSSR count). The molecule has 0 aliphatic heterocycles. The number of hydrogen-bond donors (Lipinski definition) is 2. The van der Waals surface area contributed by atoms with E-state index in [4.69, 9.17) is 14.2 Å². The highest BCUT2D eigenvalue weighted by Gasteiger charge is 2.10. The number of carbonyl (C=O) groups excluding carboxylic acids is 1.